The number of benzene rings is 2. The van der Waals surface area contributed by atoms with E-state index in [1.54, 1.807) is 30.3 Å². The third kappa shape index (κ3) is 4.83. The molecule has 0 amide bonds. The van der Waals surface area contributed by atoms with Gasteiger partial charge in [-0.05, 0) is 50.2 Å². The van der Waals surface area contributed by atoms with Gasteiger partial charge in [-0.15, -0.1) is 0 Å². The summed E-state index contributed by atoms with van der Waals surface area (Å²) < 4.78 is 11.0. The molecule has 2 aromatic carbocycles. The van der Waals surface area contributed by atoms with Gasteiger partial charge >= 0.3 is 5.97 Å². The number of nitrogens with zero attached hydrogens (tertiary/aromatic N) is 1. The molecule has 0 saturated carbocycles. The van der Waals surface area contributed by atoms with E-state index in [-0.39, 0.29) is 12.4 Å². The fourth-order valence-electron chi connectivity index (χ4n) is 2.35. The normalized spacial score (nSPS) is 10.2. The summed E-state index contributed by atoms with van der Waals surface area (Å²) in [5.41, 5.74) is 2.63. The second-order valence-corrected chi connectivity index (χ2v) is 5.83. The summed E-state index contributed by atoms with van der Waals surface area (Å²) >= 11 is 0. The highest BCUT2D eigenvalue weighted by Crippen LogP contribution is 2.22. The Morgan fingerprint density at radius 1 is 1.04 bits per heavy atom. The van der Waals surface area contributed by atoms with Crippen molar-refractivity contribution in [1.82, 2.24) is 0 Å². The van der Waals surface area contributed by atoms with Gasteiger partial charge in [0.25, 0.3) is 0 Å². The number of anilines is 1. The van der Waals surface area contributed by atoms with Crippen LogP contribution in [0.4, 0.5) is 5.69 Å². The summed E-state index contributed by atoms with van der Waals surface area (Å²) in [6.07, 6.45) is 0. The van der Waals surface area contributed by atoms with E-state index in [1.807, 2.05) is 38.1 Å². The molecule has 0 fully saturated rings. The zero-order valence-electron chi connectivity index (χ0n) is 15.0. The number of carbonyl (C=O) groups is 2. The SMILES string of the molecule is CCOc1ccc(C(C)=O)cc1COC(=O)c1cccc(N(C)C)c1. The van der Waals surface area contributed by atoms with Crippen molar-refractivity contribution in [2.75, 3.05) is 25.6 Å². The monoisotopic (exact) mass is 341 g/mol. The molecule has 0 bridgehead atoms. The number of hydrogen-bond donors (Lipinski definition) is 0. The van der Waals surface area contributed by atoms with Gasteiger partial charge in [-0.3, -0.25) is 4.79 Å². The molecule has 0 aliphatic heterocycles. The minimum Gasteiger partial charge on any atom is -0.493 e. The van der Waals surface area contributed by atoms with Crippen LogP contribution in [0.1, 0.15) is 40.1 Å². The molecule has 25 heavy (non-hydrogen) atoms. The highest BCUT2D eigenvalue weighted by Gasteiger charge is 2.13. The molecule has 0 atom stereocenters. The average molecular weight is 341 g/mol. The topological polar surface area (TPSA) is 55.8 Å². The predicted molar refractivity (Wildman–Crippen MR) is 97.5 cm³/mol. The highest BCUT2D eigenvalue weighted by molar-refractivity contribution is 5.94. The Balaban J connectivity index is 2.16. The van der Waals surface area contributed by atoms with E-state index in [2.05, 4.69) is 0 Å². The average Bonchev–Trinajstić information content (AvgIpc) is 2.60. The molecule has 0 aliphatic rings. The maximum atomic E-state index is 12.3. The van der Waals surface area contributed by atoms with Gasteiger partial charge in [0.05, 0.1) is 12.2 Å². The molecular formula is C20H23NO4. The van der Waals surface area contributed by atoms with Crippen molar-refractivity contribution >= 4 is 17.4 Å². The smallest absolute Gasteiger partial charge is 0.338 e. The number of ether oxygens (including phenoxy) is 2. The molecule has 0 spiro atoms. The zero-order chi connectivity index (χ0) is 18.4. The molecule has 2 rings (SSSR count). The van der Waals surface area contributed by atoms with Crippen molar-refractivity contribution in [3.63, 3.8) is 0 Å². The van der Waals surface area contributed by atoms with Crippen LogP contribution in [0.2, 0.25) is 0 Å². The molecule has 5 heteroatoms. The van der Waals surface area contributed by atoms with Crippen molar-refractivity contribution in [2.24, 2.45) is 0 Å². The van der Waals surface area contributed by atoms with Gasteiger partial charge in [0.1, 0.15) is 12.4 Å². The minimum absolute atomic E-state index is 0.0431. The van der Waals surface area contributed by atoms with Gasteiger partial charge in [-0.25, -0.2) is 4.79 Å². The third-order valence-electron chi connectivity index (χ3n) is 3.72. The van der Waals surface area contributed by atoms with Crippen LogP contribution in [0.3, 0.4) is 0 Å². The predicted octanol–water partition coefficient (Wildman–Crippen LogP) is 3.71. The summed E-state index contributed by atoms with van der Waals surface area (Å²) in [7, 11) is 3.82. The van der Waals surface area contributed by atoms with Gasteiger partial charge in [-0.1, -0.05) is 6.07 Å². The second-order valence-electron chi connectivity index (χ2n) is 5.83. The van der Waals surface area contributed by atoms with E-state index in [0.717, 1.165) is 5.69 Å². The van der Waals surface area contributed by atoms with Gasteiger partial charge in [-0.2, -0.15) is 0 Å². The van der Waals surface area contributed by atoms with Crippen LogP contribution in [0.25, 0.3) is 0 Å². The number of Topliss-reactive ketones (excluding diaryl/α,β-unsaturated/α-hetero) is 1. The molecule has 0 saturated heterocycles. The van der Waals surface area contributed by atoms with Crippen LogP contribution in [0.15, 0.2) is 42.5 Å². The molecule has 0 aliphatic carbocycles. The summed E-state index contributed by atoms with van der Waals surface area (Å²) in [5, 5.41) is 0. The molecule has 2 aromatic rings. The Morgan fingerprint density at radius 3 is 2.44 bits per heavy atom. The van der Waals surface area contributed by atoms with E-state index in [0.29, 0.717) is 29.0 Å². The van der Waals surface area contributed by atoms with Crippen molar-refractivity contribution in [2.45, 2.75) is 20.5 Å². The maximum Gasteiger partial charge on any atom is 0.338 e. The zero-order valence-corrected chi connectivity index (χ0v) is 15.0. The van der Waals surface area contributed by atoms with Crippen molar-refractivity contribution in [3.05, 3.63) is 59.2 Å². The van der Waals surface area contributed by atoms with Crippen LogP contribution in [0.5, 0.6) is 5.75 Å². The summed E-state index contributed by atoms with van der Waals surface area (Å²) in [6.45, 7) is 3.91. The number of hydrogen-bond acceptors (Lipinski definition) is 5. The van der Waals surface area contributed by atoms with Crippen LogP contribution >= 0.6 is 0 Å². The van der Waals surface area contributed by atoms with Gasteiger partial charge in [0.2, 0.25) is 0 Å². The van der Waals surface area contributed by atoms with E-state index >= 15 is 0 Å². The lowest BCUT2D eigenvalue weighted by Crippen LogP contribution is -2.11. The standard InChI is InChI=1S/C20H23NO4/c1-5-24-19-10-9-15(14(2)22)11-17(19)13-25-20(23)16-7-6-8-18(12-16)21(3)4/h6-12H,5,13H2,1-4H3. The van der Waals surface area contributed by atoms with Crippen molar-refractivity contribution in [3.8, 4) is 5.75 Å². The van der Waals surface area contributed by atoms with Gasteiger partial charge < -0.3 is 14.4 Å². The first-order valence-corrected chi connectivity index (χ1v) is 8.13. The minimum atomic E-state index is -0.417. The Kier molecular flexibility index (Phi) is 6.17. The first kappa shape index (κ1) is 18.5. The quantitative estimate of drug-likeness (QED) is 0.567. The van der Waals surface area contributed by atoms with E-state index in [1.165, 1.54) is 6.92 Å². The van der Waals surface area contributed by atoms with E-state index in [4.69, 9.17) is 9.47 Å². The van der Waals surface area contributed by atoms with Crippen LogP contribution in [-0.2, 0) is 11.3 Å². The number of esters is 1. The molecule has 5 nitrogen and oxygen atoms in total. The fourth-order valence-corrected chi connectivity index (χ4v) is 2.35. The first-order chi connectivity index (χ1) is 11.9. The largest absolute Gasteiger partial charge is 0.493 e. The molecule has 0 unspecified atom stereocenters. The summed E-state index contributed by atoms with van der Waals surface area (Å²) in [4.78, 5) is 25.8. The fraction of sp³-hybridized carbons (Fsp3) is 0.300. The Hall–Kier alpha value is -2.82. The Morgan fingerprint density at radius 2 is 1.80 bits per heavy atom. The van der Waals surface area contributed by atoms with Crippen molar-refractivity contribution < 1.29 is 19.1 Å². The molecular weight excluding hydrogens is 318 g/mol. The Bertz CT molecular complexity index is 768. The number of ketones is 1. The highest BCUT2D eigenvalue weighted by atomic mass is 16.5. The maximum absolute atomic E-state index is 12.3. The van der Waals surface area contributed by atoms with Gasteiger partial charge in [0.15, 0.2) is 5.78 Å². The van der Waals surface area contributed by atoms with Crippen LogP contribution in [0, 0.1) is 0 Å². The summed E-state index contributed by atoms with van der Waals surface area (Å²) in [5.74, 6) is 0.149. The van der Waals surface area contributed by atoms with Crippen LogP contribution < -0.4 is 9.64 Å². The lowest BCUT2D eigenvalue weighted by atomic mass is 10.1. The molecule has 0 heterocycles. The van der Waals surface area contributed by atoms with Gasteiger partial charge in [0, 0.05) is 30.9 Å². The lowest BCUT2D eigenvalue weighted by Gasteiger charge is -2.14. The summed E-state index contributed by atoms with van der Waals surface area (Å²) in [6, 6.07) is 12.4. The number of carbonyl (C=O) groups excluding carboxylic acids is 2. The lowest BCUT2D eigenvalue weighted by molar-refractivity contribution is 0.0469. The first-order valence-electron chi connectivity index (χ1n) is 8.13. The van der Waals surface area contributed by atoms with E-state index in [9.17, 15) is 9.59 Å². The second kappa shape index (κ2) is 8.33. The Labute approximate surface area is 148 Å². The molecule has 0 aromatic heterocycles. The van der Waals surface area contributed by atoms with Crippen LogP contribution in [-0.4, -0.2) is 32.5 Å². The van der Waals surface area contributed by atoms with Crippen molar-refractivity contribution in [1.29, 1.82) is 0 Å². The molecule has 0 radical (unpaired) electrons. The number of rotatable bonds is 7. The van der Waals surface area contributed by atoms with E-state index < -0.39 is 5.97 Å². The third-order valence-corrected chi connectivity index (χ3v) is 3.72. The molecule has 0 N–H and O–H groups in total. The molecule has 132 valence electrons.